The maximum absolute atomic E-state index is 12.7. The molecule has 124 valence electrons. The van der Waals surface area contributed by atoms with E-state index in [-0.39, 0.29) is 12.2 Å². The molecule has 1 aromatic heterocycles. The number of halogens is 4. The molecule has 0 saturated carbocycles. The van der Waals surface area contributed by atoms with Gasteiger partial charge in [-0.15, -0.1) is 0 Å². The molecule has 0 unspecified atom stereocenters. The predicted octanol–water partition coefficient (Wildman–Crippen LogP) is 3.87. The molecular weight excluding hydrogens is 377 g/mol. The third-order valence-electron chi connectivity index (χ3n) is 3.19. The van der Waals surface area contributed by atoms with Gasteiger partial charge in [0.2, 0.25) is 0 Å². The maximum Gasteiger partial charge on any atom is 0.416 e. The molecule has 2 amide bonds. The Morgan fingerprint density at radius 3 is 2.70 bits per heavy atom. The number of alkyl halides is 3. The Bertz CT molecular complexity index is 695. The number of hydrogen-bond donors (Lipinski definition) is 1. The summed E-state index contributed by atoms with van der Waals surface area (Å²) in [7, 11) is 3.28. The zero-order chi connectivity index (χ0) is 17.2. The zero-order valence-corrected chi connectivity index (χ0v) is 13.9. The summed E-state index contributed by atoms with van der Waals surface area (Å²) in [4.78, 5) is 13.5. The number of amides is 2. The second-order valence-corrected chi connectivity index (χ2v) is 5.78. The normalized spacial score (nSPS) is 11.4. The molecule has 0 saturated heterocycles. The summed E-state index contributed by atoms with van der Waals surface area (Å²) in [5.74, 6) is 0. The fourth-order valence-corrected chi connectivity index (χ4v) is 2.38. The summed E-state index contributed by atoms with van der Waals surface area (Å²) in [5, 5.41) is 6.49. The summed E-state index contributed by atoms with van der Waals surface area (Å²) in [6.07, 6.45) is -2.85. The second-order valence-electron chi connectivity index (χ2n) is 4.93. The topological polar surface area (TPSA) is 50.2 Å². The number of aromatic nitrogens is 2. The molecular formula is C14H14BrF3N4O. The molecule has 0 aliphatic rings. The van der Waals surface area contributed by atoms with Crippen molar-refractivity contribution in [3.05, 3.63) is 46.2 Å². The van der Waals surface area contributed by atoms with Gasteiger partial charge in [0.25, 0.3) is 0 Å². The van der Waals surface area contributed by atoms with E-state index in [0.29, 0.717) is 0 Å². The minimum atomic E-state index is -4.45. The van der Waals surface area contributed by atoms with Crippen LogP contribution in [0.15, 0.2) is 34.9 Å². The Kier molecular flexibility index (Phi) is 4.98. The van der Waals surface area contributed by atoms with Crippen LogP contribution < -0.4 is 5.32 Å². The number of urea groups is 1. The highest BCUT2D eigenvalue weighted by Crippen LogP contribution is 2.30. The van der Waals surface area contributed by atoms with Crippen LogP contribution in [0.5, 0.6) is 0 Å². The van der Waals surface area contributed by atoms with Gasteiger partial charge in [0.1, 0.15) is 0 Å². The van der Waals surface area contributed by atoms with Gasteiger partial charge >= 0.3 is 12.2 Å². The van der Waals surface area contributed by atoms with Crippen molar-refractivity contribution in [2.75, 3.05) is 12.4 Å². The lowest BCUT2D eigenvalue weighted by Gasteiger charge is -2.19. The van der Waals surface area contributed by atoms with E-state index >= 15 is 0 Å². The molecule has 1 N–H and O–H groups in total. The van der Waals surface area contributed by atoms with Crippen LogP contribution in [-0.4, -0.2) is 27.8 Å². The molecule has 0 atom stereocenters. The van der Waals surface area contributed by atoms with Crippen LogP contribution in [0.25, 0.3) is 0 Å². The summed E-state index contributed by atoms with van der Waals surface area (Å²) in [5.41, 5.74) is 0.0415. The van der Waals surface area contributed by atoms with Crippen molar-refractivity contribution < 1.29 is 18.0 Å². The van der Waals surface area contributed by atoms with Crippen LogP contribution in [0.1, 0.15) is 11.3 Å². The maximum atomic E-state index is 12.7. The van der Waals surface area contributed by atoms with Crippen molar-refractivity contribution in [3.8, 4) is 0 Å². The third kappa shape index (κ3) is 4.25. The van der Waals surface area contributed by atoms with Crippen LogP contribution in [0.4, 0.5) is 23.7 Å². The molecule has 9 heteroatoms. The van der Waals surface area contributed by atoms with Crippen LogP contribution >= 0.6 is 15.9 Å². The quantitative estimate of drug-likeness (QED) is 0.864. The molecule has 1 aromatic carbocycles. The van der Waals surface area contributed by atoms with Crippen LogP contribution in [0, 0.1) is 0 Å². The number of rotatable bonds is 3. The van der Waals surface area contributed by atoms with E-state index in [1.165, 1.54) is 17.0 Å². The largest absolute Gasteiger partial charge is 0.416 e. The Morgan fingerprint density at radius 2 is 2.13 bits per heavy atom. The number of anilines is 1. The van der Waals surface area contributed by atoms with E-state index in [0.717, 1.165) is 22.3 Å². The number of nitrogens with zero attached hydrogens (tertiary/aromatic N) is 3. The molecule has 0 radical (unpaired) electrons. The smallest absolute Gasteiger partial charge is 0.322 e. The summed E-state index contributed by atoms with van der Waals surface area (Å²) < 4.78 is 40.4. The van der Waals surface area contributed by atoms with Crippen LogP contribution in [0.2, 0.25) is 0 Å². The SMILES string of the molecule is CN(Cc1c(Br)cnn1C)C(=O)Nc1cccc(C(F)(F)F)c1. The average molecular weight is 391 g/mol. The highest BCUT2D eigenvalue weighted by molar-refractivity contribution is 9.10. The Morgan fingerprint density at radius 1 is 1.43 bits per heavy atom. The van der Waals surface area contributed by atoms with Crippen molar-refractivity contribution in [2.24, 2.45) is 7.05 Å². The Labute approximate surface area is 139 Å². The fraction of sp³-hybridized carbons (Fsp3) is 0.286. The summed E-state index contributed by atoms with van der Waals surface area (Å²) >= 11 is 3.33. The monoisotopic (exact) mass is 390 g/mol. The number of aryl methyl sites for hydroxylation is 1. The van der Waals surface area contributed by atoms with Gasteiger partial charge in [0.15, 0.2) is 0 Å². The van der Waals surface area contributed by atoms with Gasteiger partial charge in [-0.25, -0.2) is 4.79 Å². The minimum absolute atomic E-state index is 0.0840. The van der Waals surface area contributed by atoms with Gasteiger partial charge in [-0.05, 0) is 34.1 Å². The lowest BCUT2D eigenvalue weighted by atomic mass is 10.2. The highest BCUT2D eigenvalue weighted by atomic mass is 79.9. The molecule has 5 nitrogen and oxygen atoms in total. The molecule has 0 spiro atoms. The lowest BCUT2D eigenvalue weighted by Crippen LogP contribution is -2.31. The van der Waals surface area contributed by atoms with Gasteiger partial charge in [0, 0.05) is 19.8 Å². The van der Waals surface area contributed by atoms with E-state index < -0.39 is 17.8 Å². The number of carbonyl (C=O) groups excluding carboxylic acids is 1. The van der Waals surface area contributed by atoms with Crippen LogP contribution in [0.3, 0.4) is 0 Å². The first-order chi connectivity index (χ1) is 10.7. The number of carbonyl (C=O) groups is 1. The summed E-state index contributed by atoms with van der Waals surface area (Å²) in [6, 6.07) is 3.98. The predicted molar refractivity (Wildman–Crippen MR) is 82.8 cm³/mol. The van der Waals surface area contributed by atoms with Gasteiger partial charge in [-0.3, -0.25) is 4.68 Å². The fourth-order valence-electron chi connectivity index (χ4n) is 1.90. The molecule has 0 aliphatic carbocycles. The number of nitrogens with one attached hydrogen (secondary N) is 1. The van der Waals surface area contributed by atoms with Crippen LogP contribution in [-0.2, 0) is 19.8 Å². The van der Waals surface area contributed by atoms with Gasteiger partial charge < -0.3 is 10.2 Å². The van der Waals surface area contributed by atoms with E-state index in [2.05, 4.69) is 26.3 Å². The molecule has 2 rings (SSSR count). The van der Waals surface area contributed by atoms with E-state index in [9.17, 15) is 18.0 Å². The zero-order valence-electron chi connectivity index (χ0n) is 12.4. The minimum Gasteiger partial charge on any atom is -0.322 e. The van der Waals surface area contributed by atoms with Crippen molar-refractivity contribution in [1.82, 2.24) is 14.7 Å². The third-order valence-corrected chi connectivity index (χ3v) is 3.85. The van der Waals surface area contributed by atoms with E-state index in [4.69, 9.17) is 0 Å². The molecule has 2 aromatic rings. The first-order valence-electron chi connectivity index (χ1n) is 6.54. The van der Waals surface area contributed by atoms with Gasteiger partial charge in [-0.1, -0.05) is 6.07 Å². The van der Waals surface area contributed by atoms with Crippen molar-refractivity contribution in [2.45, 2.75) is 12.7 Å². The molecule has 0 fully saturated rings. The Balaban J connectivity index is 2.07. The molecule has 1 heterocycles. The molecule has 0 bridgehead atoms. The highest BCUT2D eigenvalue weighted by Gasteiger charge is 2.30. The van der Waals surface area contributed by atoms with Gasteiger partial charge in [0.05, 0.1) is 28.5 Å². The van der Waals surface area contributed by atoms with E-state index in [1.807, 2.05) is 0 Å². The first-order valence-corrected chi connectivity index (χ1v) is 7.33. The van der Waals surface area contributed by atoms with Crippen molar-refractivity contribution >= 4 is 27.6 Å². The molecule has 0 aliphatic heterocycles. The first kappa shape index (κ1) is 17.3. The average Bonchev–Trinajstić information content (AvgIpc) is 2.78. The standard InChI is InChI=1S/C14H14BrF3N4O/c1-21(8-12-11(15)7-19-22(12)2)13(23)20-10-5-3-4-9(6-10)14(16,17)18/h3-7H,8H2,1-2H3,(H,20,23). The van der Waals surface area contributed by atoms with Gasteiger partial charge in [-0.2, -0.15) is 18.3 Å². The number of hydrogen-bond acceptors (Lipinski definition) is 2. The number of benzene rings is 1. The lowest BCUT2D eigenvalue weighted by molar-refractivity contribution is -0.137. The summed E-state index contributed by atoms with van der Waals surface area (Å²) in [6.45, 7) is 0.252. The van der Waals surface area contributed by atoms with Crippen molar-refractivity contribution in [3.63, 3.8) is 0 Å². The van der Waals surface area contributed by atoms with E-state index in [1.54, 1.807) is 25.0 Å². The second kappa shape index (κ2) is 6.61. The molecule has 23 heavy (non-hydrogen) atoms. The van der Waals surface area contributed by atoms with Crippen molar-refractivity contribution in [1.29, 1.82) is 0 Å². The Hall–Kier alpha value is -2.03.